The highest BCUT2D eigenvalue weighted by atomic mass is 79.9. The lowest BCUT2D eigenvalue weighted by atomic mass is 10.1. The number of nitrogens with zero attached hydrogens (tertiary/aromatic N) is 1. The molecule has 1 aliphatic heterocycles. The van der Waals surface area contributed by atoms with Gasteiger partial charge in [0.25, 0.3) is 0 Å². The van der Waals surface area contributed by atoms with Gasteiger partial charge in [-0.05, 0) is 29.4 Å². The Morgan fingerprint density at radius 2 is 1.72 bits per heavy atom. The Kier molecular flexibility index (Phi) is 5.81. The molecule has 0 saturated carbocycles. The number of benzene rings is 2. The first kappa shape index (κ1) is 17.2. The van der Waals surface area contributed by atoms with Gasteiger partial charge in [-0.3, -0.25) is 4.99 Å². The zero-order valence-corrected chi connectivity index (χ0v) is 15.4. The van der Waals surface area contributed by atoms with Crippen LogP contribution in [0.25, 0.3) is 5.70 Å². The van der Waals surface area contributed by atoms with E-state index in [4.69, 9.17) is 4.99 Å². The number of hydrogen-bond acceptors (Lipinski definition) is 2. The van der Waals surface area contributed by atoms with Crippen LogP contribution in [0.5, 0.6) is 0 Å². The Balaban J connectivity index is 1.94. The van der Waals surface area contributed by atoms with E-state index < -0.39 is 0 Å². The van der Waals surface area contributed by atoms with Crippen molar-refractivity contribution in [3.63, 3.8) is 0 Å². The van der Waals surface area contributed by atoms with E-state index in [0.29, 0.717) is 0 Å². The molecule has 0 aliphatic carbocycles. The molecule has 25 heavy (non-hydrogen) atoms. The van der Waals surface area contributed by atoms with Gasteiger partial charge in [-0.15, -0.1) is 0 Å². The van der Waals surface area contributed by atoms with E-state index in [9.17, 15) is 0 Å². The van der Waals surface area contributed by atoms with Gasteiger partial charge in [-0.25, -0.2) is 0 Å². The van der Waals surface area contributed by atoms with E-state index >= 15 is 0 Å². The highest BCUT2D eigenvalue weighted by Gasteiger charge is 2.16. The largest absolute Gasteiger partial charge is 0.360 e. The molecule has 1 heterocycles. The quantitative estimate of drug-likeness (QED) is 0.641. The van der Waals surface area contributed by atoms with Crippen molar-refractivity contribution in [3.05, 3.63) is 113 Å². The Morgan fingerprint density at radius 3 is 2.40 bits per heavy atom. The molecule has 0 spiro atoms. The van der Waals surface area contributed by atoms with Crippen LogP contribution in [0.4, 0.5) is 0 Å². The molecule has 3 rings (SSSR count). The van der Waals surface area contributed by atoms with Gasteiger partial charge in [0, 0.05) is 10.2 Å². The van der Waals surface area contributed by atoms with Crippen molar-refractivity contribution in [3.8, 4) is 0 Å². The van der Waals surface area contributed by atoms with Gasteiger partial charge in [0.1, 0.15) is 6.17 Å². The summed E-state index contributed by atoms with van der Waals surface area (Å²) in [5.41, 5.74) is 4.27. The molecule has 1 atom stereocenters. The molecule has 0 fully saturated rings. The standard InChI is InChI=1S/C22H19BrN2/c1-2-19(23)14-9-15-20-16-21(17-10-5-3-6-11-17)25-22(24-20)18-12-7-4-8-13-18/h2-16,22,25H,1H2/b15-9+,19-14+. The second-order valence-corrected chi connectivity index (χ2v) is 6.47. The van der Waals surface area contributed by atoms with Gasteiger partial charge in [0.05, 0.1) is 5.71 Å². The van der Waals surface area contributed by atoms with Crippen molar-refractivity contribution in [2.45, 2.75) is 6.17 Å². The van der Waals surface area contributed by atoms with Crippen LogP contribution >= 0.6 is 15.9 Å². The van der Waals surface area contributed by atoms with Crippen molar-refractivity contribution in [1.29, 1.82) is 0 Å². The second kappa shape index (κ2) is 8.45. The van der Waals surface area contributed by atoms with Crippen LogP contribution in [0.3, 0.4) is 0 Å². The Bertz CT molecular complexity index is 846. The summed E-state index contributed by atoms with van der Waals surface area (Å²) < 4.78 is 0.935. The summed E-state index contributed by atoms with van der Waals surface area (Å²) in [6.45, 7) is 3.73. The van der Waals surface area contributed by atoms with Gasteiger partial charge in [-0.2, -0.15) is 0 Å². The predicted octanol–water partition coefficient (Wildman–Crippen LogP) is 5.79. The van der Waals surface area contributed by atoms with Crippen LogP contribution in [-0.4, -0.2) is 5.71 Å². The fourth-order valence-electron chi connectivity index (χ4n) is 2.53. The average molecular weight is 391 g/mol. The van der Waals surface area contributed by atoms with Crippen molar-refractivity contribution >= 4 is 27.3 Å². The summed E-state index contributed by atoms with van der Waals surface area (Å²) in [6, 6.07) is 20.6. The zero-order chi connectivity index (χ0) is 17.5. The first-order valence-corrected chi connectivity index (χ1v) is 8.88. The Labute approximate surface area is 157 Å². The summed E-state index contributed by atoms with van der Waals surface area (Å²) in [5, 5.41) is 3.53. The third kappa shape index (κ3) is 4.68. The molecular formula is C22H19BrN2. The average Bonchev–Trinajstić information content (AvgIpc) is 2.69. The van der Waals surface area contributed by atoms with Crippen LogP contribution in [0.2, 0.25) is 0 Å². The number of rotatable bonds is 5. The fraction of sp³-hybridized carbons (Fsp3) is 0.0455. The second-order valence-electron chi connectivity index (χ2n) is 5.55. The summed E-state index contributed by atoms with van der Waals surface area (Å²) in [6.07, 6.45) is 9.65. The zero-order valence-electron chi connectivity index (χ0n) is 13.8. The van der Waals surface area contributed by atoms with Crippen LogP contribution in [0.15, 0.2) is 107 Å². The molecule has 0 amide bonds. The predicted molar refractivity (Wildman–Crippen MR) is 111 cm³/mol. The van der Waals surface area contributed by atoms with Gasteiger partial charge in [-0.1, -0.05) is 95.3 Å². The van der Waals surface area contributed by atoms with Crippen LogP contribution in [0.1, 0.15) is 17.3 Å². The van der Waals surface area contributed by atoms with E-state index in [1.165, 1.54) is 0 Å². The minimum atomic E-state index is -0.104. The number of aliphatic imine (C=N–C) groups is 1. The maximum atomic E-state index is 4.82. The number of allylic oxidation sites excluding steroid dienone is 6. The van der Waals surface area contributed by atoms with Crippen LogP contribution < -0.4 is 5.32 Å². The first-order valence-electron chi connectivity index (χ1n) is 8.09. The van der Waals surface area contributed by atoms with Crippen LogP contribution in [0, 0.1) is 0 Å². The fourth-order valence-corrected chi connectivity index (χ4v) is 2.68. The molecule has 3 heteroatoms. The molecule has 0 aromatic heterocycles. The highest BCUT2D eigenvalue weighted by molar-refractivity contribution is 9.11. The third-order valence-electron chi connectivity index (χ3n) is 3.78. The van der Waals surface area contributed by atoms with E-state index in [1.807, 2.05) is 54.6 Å². The molecule has 2 nitrogen and oxygen atoms in total. The van der Waals surface area contributed by atoms with Gasteiger partial charge in [0.2, 0.25) is 0 Å². The van der Waals surface area contributed by atoms with Gasteiger partial charge in [0.15, 0.2) is 0 Å². The van der Waals surface area contributed by atoms with E-state index in [0.717, 1.165) is 27.0 Å². The molecule has 1 N–H and O–H groups in total. The number of nitrogens with one attached hydrogen (secondary N) is 1. The third-order valence-corrected chi connectivity index (χ3v) is 4.37. The molecule has 0 bridgehead atoms. The maximum Gasteiger partial charge on any atom is 0.145 e. The normalized spacial score (nSPS) is 17.6. The van der Waals surface area contributed by atoms with Crippen LogP contribution in [-0.2, 0) is 0 Å². The van der Waals surface area contributed by atoms with Crippen molar-refractivity contribution in [1.82, 2.24) is 5.32 Å². The minimum Gasteiger partial charge on any atom is -0.360 e. The van der Waals surface area contributed by atoms with E-state index in [2.05, 4.69) is 58.2 Å². The molecule has 0 saturated heterocycles. The smallest absolute Gasteiger partial charge is 0.145 e. The van der Waals surface area contributed by atoms with Gasteiger partial charge < -0.3 is 5.32 Å². The summed E-state index contributed by atoms with van der Waals surface area (Å²) in [7, 11) is 0. The number of halogens is 1. The Hall–Kier alpha value is -2.65. The van der Waals surface area contributed by atoms with Gasteiger partial charge >= 0.3 is 0 Å². The lowest BCUT2D eigenvalue weighted by Gasteiger charge is -2.23. The SMILES string of the molecule is C=C/C(Br)=C\C=C\C1=NC(c2ccccc2)NC(c2ccccc2)=C1. The van der Waals surface area contributed by atoms with E-state index in [1.54, 1.807) is 6.08 Å². The summed E-state index contributed by atoms with van der Waals surface area (Å²) in [4.78, 5) is 4.82. The molecule has 2 aromatic rings. The lowest BCUT2D eigenvalue weighted by molar-refractivity contribution is 0.664. The number of hydrogen-bond donors (Lipinski definition) is 1. The van der Waals surface area contributed by atoms with E-state index in [-0.39, 0.29) is 6.17 Å². The van der Waals surface area contributed by atoms with Crippen molar-refractivity contribution in [2.24, 2.45) is 4.99 Å². The summed E-state index contributed by atoms with van der Waals surface area (Å²) >= 11 is 3.42. The molecule has 1 aliphatic rings. The molecule has 124 valence electrons. The first-order chi connectivity index (χ1) is 12.3. The molecule has 1 unspecified atom stereocenters. The topological polar surface area (TPSA) is 24.4 Å². The summed E-state index contributed by atoms with van der Waals surface area (Å²) in [5.74, 6) is 0. The molecule has 0 radical (unpaired) electrons. The highest BCUT2D eigenvalue weighted by Crippen LogP contribution is 2.24. The molecule has 2 aromatic carbocycles. The van der Waals surface area contributed by atoms with Crippen molar-refractivity contribution < 1.29 is 0 Å². The minimum absolute atomic E-state index is 0.104. The maximum absolute atomic E-state index is 4.82. The monoisotopic (exact) mass is 390 g/mol. The van der Waals surface area contributed by atoms with Crippen molar-refractivity contribution in [2.75, 3.05) is 0 Å². The molecular weight excluding hydrogens is 372 g/mol. The lowest BCUT2D eigenvalue weighted by Crippen LogP contribution is -2.23. The Morgan fingerprint density at radius 1 is 1.04 bits per heavy atom.